The Bertz CT molecular complexity index is 2040. The first-order valence-electron chi connectivity index (χ1n) is 29.8. The molecule has 0 unspecified atom stereocenters. The number of nitrogens with two attached hydrogens (primary N) is 2. The number of ether oxygens (including phenoxy) is 2. The molecule has 9 amide bonds. The molecule has 86 heavy (non-hydrogen) atoms. The molecule has 0 spiro atoms. The van der Waals surface area contributed by atoms with Gasteiger partial charge in [-0.25, -0.2) is 0 Å². The average Bonchev–Trinajstić information content (AvgIpc) is 3.00. The molecule has 0 aromatic rings. The molecular weight excluding hydrogens is 1130 g/mol. The van der Waals surface area contributed by atoms with E-state index in [9.17, 15) is 83.1 Å². The fourth-order valence-corrected chi connectivity index (χ4v) is 8.44. The van der Waals surface area contributed by atoms with Crippen molar-refractivity contribution in [2.45, 2.75) is 203 Å². The lowest BCUT2D eigenvalue weighted by Gasteiger charge is -2.27. The minimum absolute atomic E-state index is 0.00227. The van der Waals surface area contributed by atoms with Crippen LogP contribution in [0.15, 0.2) is 0 Å². The zero-order chi connectivity index (χ0) is 64.5. The Hall–Kier alpha value is -6.64. The summed E-state index contributed by atoms with van der Waals surface area (Å²) in [6.07, 6.45) is 13.4. The summed E-state index contributed by atoms with van der Waals surface area (Å²) in [6, 6.07) is -10.9. The normalized spacial score (nSPS) is 13.5. The molecule has 494 valence electrons. The number of hydrogen-bond acceptors (Lipinski definition) is 19. The van der Waals surface area contributed by atoms with Gasteiger partial charge in [-0.05, 0) is 77.8 Å². The Morgan fingerprint density at radius 3 is 1.16 bits per heavy atom. The molecule has 0 aromatic carbocycles. The van der Waals surface area contributed by atoms with E-state index in [1.165, 1.54) is 39.2 Å². The van der Waals surface area contributed by atoms with Gasteiger partial charge in [0.25, 0.3) is 0 Å². The van der Waals surface area contributed by atoms with Crippen molar-refractivity contribution in [3.8, 4) is 0 Å². The average molecular weight is 1230 g/mol. The zero-order valence-electron chi connectivity index (χ0n) is 49.8. The molecule has 0 aliphatic heterocycles. The molecule has 0 radical (unpaired) electrons. The fraction of sp³-hybridized carbons (Fsp3) is 0.782. The third-order valence-corrected chi connectivity index (χ3v) is 13.5. The van der Waals surface area contributed by atoms with Crippen LogP contribution >= 0.6 is 0 Å². The molecule has 31 nitrogen and oxygen atoms in total. The second-order valence-electron chi connectivity index (χ2n) is 20.7. The monoisotopic (exact) mass is 1230 g/mol. The minimum atomic E-state index is -1.91. The molecule has 0 saturated carbocycles. The molecule has 7 atom stereocenters. The van der Waals surface area contributed by atoms with Crippen molar-refractivity contribution in [1.29, 1.82) is 0 Å². The maximum absolute atomic E-state index is 13.7. The van der Waals surface area contributed by atoms with Gasteiger partial charge >= 0.3 is 17.9 Å². The standard InChI is InChI=1S/C55H99N11O20/c1-58-41(33-67)53(82)62-38(20-15-17-27-56)50(79)63-39(23-25-47(74)75)51(80)64-40(24-26-48(76)77)52(81)65-43(35-69)55(84)66-42(34-68)54(83)61-37(49(57)78)19-16-18-28-59-45(71)36-86-32-31-85-30-29-60-44(70)21-13-11-9-7-5-3-2-4-6-8-10-12-14-22-46(72)73/h37-43,58,67-69H,2-36,56H2,1H3,(H2,57,78)(H,59,71)(H,60,70)(H,61,83)(H,62,82)(H,63,79)(H,64,80)(H,65,81)(H,66,84)(H,72,73)(H,74,75)(H,76,77)/t37-,38-,39-,40-,41-,42-,43-/m0/s1. The Kier molecular flexibility index (Phi) is 46.6. The number of unbranched alkanes of at least 4 members (excludes halogenated alkanes) is 14. The molecule has 0 aliphatic carbocycles. The fourth-order valence-electron chi connectivity index (χ4n) is 8.44. The van der Waals surface area contributed by atoms with Crippen LogP contribution in [-0.2, 0) is 67.0 Å². The number of aliphatic hydroxyl groups excluding tert-OH is 3. The highest BCUT2D eigenvalue weighted by Gasteiger charge is 2.34. The number of rotatable bonds is 56. The topological polar surface area (TPSA) is 505 Å². The summed E-state index contributed by atoms with van der Waals surface area (Å²) in [5, 5.41) is 78.7. The zero-order valence-corrected chi connectivity index (χ0v) is 49.8. The van der Waals surface area contributed by atoms with E-state index in [1.54, 1.807) is 0 Å². The van der Waals surface area contributed by atoms with E-state index in [0.717, 1.165) is 51.4 Å². The van der Waals surface area contributed by atoms with Crippen molar-refractivity contribution in [2.75, 3.05) is 72.9 Å². The molecule has 0 saturated heterocycles. The van der Waals surface area contributed by atoms with Crippen molar-refractivity contribution in [3.05, 3.63) is 0 Å². The van der Waals surface area contributed by atoms with Crippen LogP contribution in [-0.4, -0.2) is 217 Å². The van der Waals surface area contributed by atoms with Gasteiger partial charge in [0.1, 0.15) is 48.9 Å². The first kappa shape index (κ1) is 79.4. The van der Waals surface area contributed by atoms with Crippen molar-refractivity contribution < 1.29 is 97.6 Å². The van der Waals surface area contributed by atoms with Gasteiger partial charge in [0.2, 0.25) is 53.2 Å². The second kappa shape index (κ2) is 50.5. The van der Waals surface area contributed by atoms with Gasteiger partial charge < -0.3 is 99.4 Å². The van der Waals surface area contributed by atoms with Crippen LogP contribution in [0.25, 0.3) is 0 Å². The van der Waals surface area contributed by atoms with Gasteiger partial charge in [-0.2, -0.15) is 0 Å². The lowest BCUT2D eigenvalue weighted by atomic mass is 10.0. The number of primary amides is 1. The van der Waals surface area contributed by atoms with Crippen LogP contribution in [0.5, 0.6) is 0 Å². The maximum Gasteiger partial charge on any atom is 0.303 e. The smallest absolute Gasteiger partial charge is 0.303 e. The molecule has 0 fully saturated rings. The number of carboxylic acid groups (broad SMARTS) is 3. The van der Waals surface area contributed by atoms with E-state index < -0.39 is 153 Å². The highest BCUT2D eigenvalue weighted by molar-refractivity contribution is 5.97. The molecule has 0 rings (SSSR count). The van der Waals surface area contributed by atoms with Gasteiger partial charge in [-0.3, -0.25) is 57.5 Å². The van der Waals surface area contributed by atoms with Crippen LogP contribution < -0.4 is 59.3 Å². The Balaban J connectivity index is 4.96. The van der Waals surface area contributed by atoms with Crippen LogP contribution in [0, 0.1) is 0 Å². The quantitative estimate of drug-likeness (QED) is 0.0273. The molecule has 0 bridgehead atoms. The number of aliphatic carboxylic acids is 3. The second-order valence-corrected chi connectivity index (χ2v) is 20.7. The van der Waals surface area contributed by atoms with E-state index in [-0.39, 0.29) is 71.1 Å². The first-order chi connectivity index (χ1) is 41.1. The Morgan fingerprint density at radius 2 is 0.733 bits per heavy atom. The highest BCUT2D eigenvalue weighted by atomic mass is 16.5. The molecule has 19 N–H and O–H groups in total. The van der Waals surface area contributed by atoms with Crippen LogP contribution in [0.2, 0.25) is 0 Å². The first-order valence-corrected chi connectivity index (χ1v) is 29.8. The van der Waals surface area contributed by atoms with Gasteiger partial charge in [0.15, 0.2) is 0 Å². The van der Waals surface area contributed by atoms with E-state index >= 15 is 0 Å². The summed E-state index contributed by atoms with van der Waals surface area (Å²) in [6.45, 7) is -1.79. The Morgan fingerprint density at radius 1 is 0.372 bits per heavy atom. The molecule has 0 aromatic heterocycles. The van der Waals surface area contributed by atoms with Crippen molar-refractivity contribution in [3.63, 3.8) is 0 Å². The third-order valence-electron chi connectivity index (χ3n) is 13.5. The Labute approximate surface area is 502 Å². The number of hydrogen-bond donors (Lipinski definition) is 17. The van der Waals surface area contributed by atoms with Crippen LogP contribution in [0.4, 0.5) is 0 Å². The van der Waals surface area contributed by atoms with Gasteiger partial charge in [0, 0.05) is 38.8 Å². The lowest BCUT2D eigenvalue weighted by molar-refractivity contribution is -0.140. The van der Waals surface area contributed by atoms with Crippen LogP contribution in [0.3, 0.4) is 0 Å². The molecule has 31 heteroatoms. The summed E-state index contributed by atoms with van der Waals surface area (Å²) in [5.74, 6) is -11.5. The number of carboxylic acids is 3. The lowest BCUT2D eigenvalue weighted by Crippen LogP contribution is -2.61. The molecule has 0 heterocycles. The van der Waals surface area contributed by atoms with Crippen molar-refractivity contribution in [1.82, 2.24) is 47.9 Å². The van der Waals surface area contributed by atoms with E-state index in [0.29, 0.717) is 32.2 Å². The summed E-state index contributed by atoms with van der Waals surface area (Å²) in [5.41, 5.74) is 11.1. The molecule has 0 aliphatic rings. The highest BCUT2D eigenvalue weighted by Crippen LogP contribution is 2.14. The summed E-state index contributed by atoms with van der Waals surface area (Å²) in [7, 11) is 1.38. The molecular formula is C55H99N11O20. The number of carbonyl (C=O) groups excluding carboxylic acids is 9. The number of carbonyl (C=O) groups is 12. The van der Waals surface area contributed by atoms with Gasteiger partial charge in [0.05, 0.1) is 39.6 Å². The predicted octanol–water partition coefficient (Wildman–Crippen LogP) is -2.82. The van der Waals surface area contributed by atoms with Gasteiger partial charge in [-0.1, -0.05) is 70.6 Å². The number of likely N-dealkylation sites (N-methyl/N-ethyl adjacent to an activating group) is 1. The van der Waals surface area contributed by atoms with Crippen molar-refractivity contribution >= 4 is 71.1 Å². The van der Waals surface area contributed by atoms with E-state index in [4.69, 9.17) is 26.0 Å². The maximum atomic E-state index is 13.7. The van der Waals surface area contributed by atoms with Crippen molar-refractivity contribution in [2.24, 2.45) is 11.5 Å². The summed E-state index contributed by atoms with van der Waals surface area (Å²) < 4.78 is 10.8. The number of nitrogens with one attached hydrogen (secondary N) is 9. The summed E-state index contributed by atoms with van der Waals surface area (Å²) in [4.78, 5) is 150. The van der Waals surface area contributed by atoms with Crippen LogP contribution in [0.1, 0.15) is 161 Å². The largest absolute Gasteiger partial charge is 0.481 e. The predicted molar refractivity (Wildman–Crippen MR) is 310 cm³/mol. The van der Waals surface area contributed by atoms with Gasteiger partial charge in [-0.15, -0.1) is 0 Å². The SMILES string of the molecule is CN[C@@H](CO)C(=O)N[C@@H](CCCCN)C(=O)N[C@@H](CCC(=O)O)C(=O)N[C@@H](CCC(=O)O)C(=O)N[C@@H](CO)C(=O)N[C@@H](CO)C(=O)N[C@@H](CCCCNC(=O)COCCOCCNC(=O)CCCCCCCCCCCCCCCC(=O)O)C(N)=O. The van der Waals surface area contributed by atoms with E-state index in [2.05, 4.69) is 47.9 Å². The number of amides is 9. The third kappa shape index (κ3) is 40.6. The summed E-state index contributed by atoms with van der Waals surface area (Å²) >= 11 is 0. The minimum Gasteiger partial charge on any atom is -0.481 e. The van der Waals surface area contributed by atoms with E-state index in [1.807, 2.05) is 0 Å². The number of aliphatic hydroxyl groups is 3.